The molecular formula is C15H16ClIO. The fourth-order valence-corrected chi connectivity index (χ4v) is 3.93. The molecule has 1 aliphatic carbocycles. The first-order valence-electron chi connectivity index (χ1n) is 6.56. The molecule has 1 aromatic heterocycles. The molecule has 18 heavy (non-hydrogen) atoms. The molecule has 1 aliphatic rings. The summed E-state index contributed by atoms with van der Waals surface area (Å²) in [6.45, 7) is 0. The van der Waals surface area contributed by atoms with Crippen molar-refractivity contribution in [2.45, 2.75) is 42.4 Å². The molecule has 2 aromatic rings. The van der Waals surface area contributed by atoms with Crippen LogP contribution in [0.3, 0.4) is 0 Å². The molecule has 0 amide bonds. The van der Waals surface area contributed by atoms with Gasteiger partial charge in [-0.05, 0) is 31.0 Å². The average molecular weight is 375 g/mol. The second-order valence-electron chi connectivity index (χ2n) is 5.05. The van der Waals surface area contributed by atoms with Gasteiger partial charge in [0.1, 0.15) is 11.3 Å². The first-order valence-corrected chi connectivity index (χ1v) is 8.46. The van der Waals surface area contributed by atoms with Gasteiger partial charge in [-0.1, -0.05) is 53.5 Å². The number of hydrogen-bond acceptors (Lipinski definition) is 1. The van der Waals surface area contributed by atoms with Crippen LogP contribution in [0.2, 0.25) is 5.02 Å². The average Bonchev–Trinajstić information content (AvgIpc) is 2.77. The smallest absolute Gasteiger partial charge is 0.134 e. The van der Waals surface area contributed by atoms with Crippen LogP contribution in [0, 0.1) is 0 Å². The lowest BCUT2D eigenvalue weighted by Crippen LogP contribution is -2.05. The van der Waals surface area contributed by atoms with Gasteiger partial charge in [-0.3, -0.25) is 0 Å². The molecule has 0 aliphatic heterocycles. The molecule has 0 bridgehead atoms. The highest BCUT2D eigenvalue weighted by atomic mass is 127. The number of halogens is 2. The van der Waals surface area contributed by atoms with E-state index in [1.54, 1.807) is 0 Å². The van der Waals surface area contributed by atoms with E-state index in [9.17, 15) is 0 Å². The van der Waals surface area contributed by atoms with Gasteiger partial charge in [0.05, 0.1) is 0 Å². The fourth-order valence-electron chi connectivity index (χ4n) is 2.97. The molecule has 0 saturated heterocycles. The lowest BCUT2D eigenvalue weighted by molar-refractivity contribution is 0.383. The molecule has 1 fully saturated rings. The highest BCUT2D eigenvalue weighted by Crippen LogP contribution is 2.40. The van der Waals surface area contributed by atoms with Crippen molar-refractivity contribution in [3.8, 4) is 0 Å². The van der Waals surface area contributed by atoms with Gasteiger partial charge in [0.2, 0.25) is 0 Å². The molecule has 0 spiro atoms. The quantitative estimate of drug-likeness (QED) is 0.459. The Morgan fingerprint density at radius 1 is 1.22 bits per heavy atom. The van der Waals surface area contributed by atoms with Gasteiger partial charge in [0, 0.05) is 26.3 Å². The van der Waals surface area contributed by atoms with E-state index in [2.05, 4.69) is 22.6 Å². The van der Waals surface area contributed by atoms with Crippen LogP contribution in [0.25, 0.3) is 11.0 Å². The van der Waals surface area contributed by atoms with E-state index in [1.165, 1.54) is 48.8 Å². The molecule has 0 radical (unpaired) electrons. The van der Waals surface area contributed by atoms with Crippen molar-refractivity contribution in [1.82, 2.24) is 0 Å². The van der Waals surface area contributed by atoms with Crippen molar-refractivity contribution in [2.24, 2.45) is 0 Å². The summed E-state index contributed by atoms with van der Waals surface area (Å²) >= 11 is 8.53. The third kappa shape index (κ3) is 2.29. The number of alkyl halides is 1. The molecule has 1 saturated carbocycles. The Balaban J connectivity index is 2.10. The maximum atomic E-state index is 6.12. The van der Waals surface area contributed by atoms with Crippen LogP contribution in [0.4, 0.5) is 0 Å². The molecule has 0 N–H and O–H groups in total. The lowest BCUT2D eigenvalue weighted by atomic mass is 9.86. The van der Waals surface area contributed by atoms with Gasteiger partial charge >= 0.3 is 0 Å². The number of benzene rings is 1. The van der Waals surface area contributed by atoms with E-state index in [4.69, 9.17) is 16.0 Å². The monoisotopic (exact) mass is 374 g/mol. The standard InChI is InChI=1S/C15H16ClIO/c16-11-6-7-14-12(8-11)13(9-17)15(18-14)10-4-2-1-3-5-10/h6-8,10H,1-5,9H2. The minimum absolute atomic E-state index is 0.620. The van der Waals surface area contributed by atoms with Gasteiger partial charge in [0.15, 0.2) is 0 Å². The number of furan rings is 1. The van der Waals surface area contributed by atoms with Crippen molar-refractivity contribution in [3.63, 3.8) is 0 Å². The predicted molar refractivity (Wildman–Crippen MR) is 84.8 cm³/mol. The summed E-state index contributed by atoms with van der Waals surface area (Å²) in [4.78, 5) is 0. The zero-order chi connectivity index (χ0) is 12.5. The maximum absolute atomic E-state index is 6.12. The van der Waals surface area contributed by atoms with Crippen molar-refractivity contribution in [1.29, 1.82) is 0 Å². The van der Waals surface area contributed by atoms with Gasteiger partial charge in [-0.25, -0.2) is 0 Å². The third-order valence-corrected chi connectivity index (χ3v) is 4.89. The van der Waals surface area contributed by atoms with Gasteiger partial charge in [0.25, 0.3) is 0 Å². The Labute approximate surface area is 126 Å². The third-order valence-electron chi connectivity index (χ3n) is 3.89. The van der Waals surface area contributed by atoms with Gasteiger partial charge in [-0.2, -0.15) is 0 Å². The zero-order valence-corrected chi connectivity index (χ0v) is 13.1. The molecular weight excluding hydrogens is 359 g/mol. The topological polar surface area (TPSA) is 13.1 Å². The van der Waals surface area contributed by atoms with Crippen LogP contribution in [-0.4, -0.2) is 0 Å². The van der Waals surface area contributed by atoms with Crippen LogP contribution in [0.5, 0.6) is 0 Å². The minimum Gasteiger partial charge on any atom is -0.460 e. The van der Waals surface area contributed by atoms with Crippen LogP contribution in [0.15, 0.2) is 22.6 Å². The van der Waals surface area contributed by atoms with E-state index >= 15 is 0 Å². The summed E-state index contributed by atoms with van der Waals surface area (Å²) in [6, 6.07) is 5.95. The van der Waals surface area contributed by atoms with Gasteiger partial charge in [-0.15, -0.1) is 0 Å². The summed E-state index contributed by atoms with van der Waals surface area (Å²) < 4.78 is 7.12. The fraction of sp³-hybridized carbons (Fsp3) is 0.467. The number of rotatable bonds is 2. The summed E-state index contributed by atoms with van der Waals surface area (Å²) in [5.74, 6) is 1.84. The minimum atomic E-state index is 0.620. The van der Waals surface area contributed by atoms with E-state index in [0.717, 1.165) is 15.0 Å². The molecule has 0 atom stereocenters. The zero-order valence-electron chi connectivity index (χ0n) is 10.2. The summed E-state index contributed by atoms with van der Waals surface area (Å²) in [6.07, 6.45) is 6.60. The van der Waals surface area contributed by atoms with Crippen molar-refractivity contribution < 1.29 is 4.42 Å². The molecule has 0 unspecified atom stereocenters. The predicted octanol–water partition coefficient (Wildman–Crippen LogP) is 6.07. The van der Waals surface area contributed by atoms with Crippen LogP contribution in [-0.2, 0) is 4.43 Å². The highest BCUT2D eigenvalue weighted by Gasteiger charge is 2.23. The van der Waals surface area contributed by atoms with E-state index < -0.39 is 0 Å². The Kier molecular flexibility index (Phi) is 3.85. The largest absolute Gasteiger partial charge is 0.460 e. The molecule has 1 nitrogen and oxygen atoms in total. The number of hydrogen-bond donors (Lipinski definition) is 0. The van der Waals surface area contributed by atoms with Crippen molar-refractivity contribution in [3.05, 3.63) is 34.5 Å². The van der Waals surface area contributed by atoms with Crippen LogP contribution < -0.4 is 0 Å². The molecule has 3 heteroatoms. The van der Waals surface area contributed by atoms with Crippen LogP contribution in [0.1, 0.15) is 49.3 Å². The molecule has 1 aromatic carbocycles. The van der Waals surface area contributed by atoms with Crippen molar-refractivity contribution in [2.75, 3.05) is 0 Å². The molecule has 96 valence electrons. The Morgan fingerprint density at radius 2 is 2.00 bits per heavy atom. The first kappa shape index (κ1) is 12.8. The SMILES string of the molecule is Clc1ccc2oc(C3CCCCC3)c(CI)c2c1. The van der Waals surface area contributed by atoms with E-state index in [0.29, 0.717) is 5.92 Å². The Hall–Kier alpha value is -0.220. The molecule has 1 heterocycles. The number of fused-ring (bicyclic) bond motifs is 1. The lowest BCUT2D eigenvalue weighted by Gasteiger charge is -2.20. The van der Waals surface area contributed by atoms with Gasteiger partial charge < -0.3 is 4.42 Å². The second-order valence-corrected chi connectivity index (χ2v) is 6.25. The van der Waals surface area contributed by atoms with Crippen molar-refractivity contribution >= 4 is 45.2 Å². The second kappa shape index (κ2) is 5.41. The summed E-state index contributed by atoms with van der Waals surface area (Å²) in [5.41, 5.74) is 2.35. The van der Waals surface area contributed by atoms with Crippen LogP contribution >= 0.6 is 34.2 Å². The Bertz CT molecular complexity index is 555. The summed E-state index contributed by atoms with van der Waals surface area (Å²) in [7, 11) is 0. The van der Waals surface area contributed by atoms with E-state index in [-0.39, 0.29) is 0 Å². The normalized spacial score (nSPS) is 17.4. The first-order chi connectivity index (χ1) is 8.79. The van der Waals surface area contributed by atoms with E-state index in [1.807, 2.05) is 18.2 Å². The maximum Gasteiger partial charge on any atom is 0.134 e. The highest BCUT2D eigenvalue weighted by molar-refractivity contribution is 14.1. The Morgan fingerprint density at radius 3 is 2.72 bits per heavy atom. The molecule has 3 rings (SSSR count). The summed E-state index contributed by atoms with van der Waals surface area (Å²) in [5, 5.41) is 2.00.